The van der Waals surface area contributed by atoms with E-state index in [1.807, 2.05) is 36.9 Å². The van der Waals surface area contributed by atoms with Crippen molar-refractivity contribution in [1.29, 1.82) is 0 Å². The van der Waals surface area contributed by atoms with Crippen LogP contribution in [0.2, 0.25) is 5.02 Å². The molecule has 2 nitrogen and oxygen atoms in total. The van der Waals surface area contributed by atoms with Crippen LogP contribution in [0, 0.1) is 0 Å². The summed E-state index contributed by atoms with van der Waals surface area (Å²) in [7, 11) is 0. The molecular formula is C14H18Cl2N2S. The fourth-order valence-corrected chi connectivity index (χ4v) is 2.62. The Morgan fingerprint density at radius 3 is 2.68 bits per heavy atom. The monoisotopic (exact) mass is 316 g/mol. The van der Waals surface area contributed by atoms with Crippen molar-refractivity contribution in [2.45, 2.75) is 37.4 Å². The van der Waals surface area contributed by atoms with Gasteiger partial charge < -0.3 is 4.57 Å². The Labute approximate surface area is 128 Å². The molecule has 1 unspecified atom stereocenters. The number of benzene rings is 1. The van der Waals surface area contributed by atoms with Gasteiger partial charge >= 0.3 is 0 Å². The number of imidazole rings is 1. The minimum Gasteiger partial charge on any atom is -0.325 e. The minimum absolute atomic E-state index is 0.121. The molecule has 0 N–H and O–H groups in total. The van der Waals surface area contributed by atoms with Crippen LogP contribution in [0.5, 0.6) is 0 Å². The molecule has 5 heteroatoms. The van der Waals surface area contributed by atoms with Crippen LogP contribution in [0.25, 0.3) is 11.0 Å². The average Bonchev–Trinajstić information content (AvgIpc) is 2.67. The van der Waals surface area contributed by atoms with Gasteiger partial charge in [-0.1, -0.05) is 11.6 Å². The second kappa shape index (κ2) is 5.55. The van der Waals surface area contributed by atoms with Crippen molar-refractivity contribution in [1.82, 2.24) is 9.55 Å². The van der Waals surface area contributed by atoms with Crippen LogP contribution in [0.15, 0.2) is 18.2 Å². The molecule has 0 saturated carbocycles. The summed E-state index contributed by atoms with van der Waals surface area (Å²) in [4.78, 5) is 4.63. The summed E-state index contributed by atoms with van der Waals surface area (Å²) in [6.45, 7) is 7.25. The Hall–Kier alpha value is -0.380. The van der Waals surface area contributed by atoms with Gasteiger partial charge in [-0.25, -0.2) is 4.98 Å². The smallest absolute Gasteiger partial charge is 0.127 e. The standard InChI is InChI=1S/C14H18Cl2N2S/c1-9(15)13-17-11-6-5-10(16)7-12(11)18(13)8-14(2,3)19-4/h5-7,9H,8H2,1-4H3. The van der Waals surface area contributed by atoms with Crippen LogP contribution >= 0.6 is 35.0 Å². The van der Waals surface area contributed by atoms with Crippen LogP contribution in [-0.4, -0.2) is 20.6 Å². The number of hydrogen-bond acceptors (Lipinski definition) is 2. The molecule has 104 valence electrons. The van der Waals surface area contributed by atoms with Crippen LogP contribution in [-0.2, 0) is 6.54 Å². The van der Waals surface area contributed by atoms with Gasteiger partial charge in [-0.15, -0.1) is 11.6 Å². The van der Waals surface area contributed by atoms with Gasteiger partial charge in [0.25, 0.3) is 0 Å². The largest absolute Gasteiger partial charge is 0.325 e. The molecule has 0 aliphatic heterocycles. The van der Waals surface area contributed by atoms with Gasteiger partial charge in [-0.2, -0.15) is 11.8 Å². The zero-order valence-corrected chi connectivity index (χ0v) is 13.9. The zero-order valence-electron chi connectivity index (χ0n) is 11.6. The Morgan fingerprint density at radius 2 is 2.11 bits per heavy atom. The summed E-state index contributed by atoms with van der Waals surface area (Å²) in [5.41, 5.74) is 2.00. The molecule has 0 amide bonds. The molecule has 1 aromatic heterocycles. The first-order valence-electron chi connectivity index (χ1n) is 6.19. The maximum absolute atomic E-state index is 6.27. The van der Waals surface area contributed by atoms with Crippen molar-refractivity contribution in [2.24, 2.45) is 0 Å². The van der Waals surface area contributed by atoms with Crippen molar-refractivity contribution < 1.29 is 0 Å². The second-order valence-electron chi connectivity index (χ2n) is 5.27. The molecule has 0 aliphatic carbocycles. The summed E-state index contributed by atoms with van der Waals surface area (Å²) in [5, 5.41) is 0.605. The Kier molecular flexibility index (Phi) is 4.38. The summed E-state index contributed by atoms with van der Waals surface area (Å²) >= 11 is 14.2. The molecule has 1 heterocycles. The third-order valence-corrected chi connectivity index (χ3v) is 4.85. The molecule has 0 aliphatic rings. The van der Waals surface area contributed by atoms with Gasteiger partial charge in [0.2, 0.25) is 0 Å². The number of halogens is 2. The van der Waals surface area contributed by atoms with E-state index >= 15 is 0 Å². The Balaban J connectivity index is 2.60. The number of aromatic nitrogens is 2. The first-order valence-corrected chi connectivity index (χ1v) is 8.23. The highest BCUT2D eigenvalue weighted by molar-refractivity contribution is 7.99. The van der Waals surface area contributed by atoms with E-state index in [-0.39, 0.29) is 10.1 Å². The van der Waals surface area contributed by atoms with Gasteiger partial charge in [-0.05, 0) is 45.2 Å². The van der Waals surface area contributed by atoms with E-state index in [9.17, 15) is 0 Å². The van der Waals surface area contributed by atoms with Gasteiger partial charge in [0.1, 0.15) is 5.82 Å². The lowest BCUT2D eigenvalue weighted by Gasteiger charge is -2.24. The number of nitrogens with zero attached hydrogens (tertiary/aromatic N) is 2. The number of hydrogen-bond donors (Lipinski definition) is 0. The summed E-state index contributed by atoms with van der Waals surface area (Å²) in [6, 6.07) is 5.77. The van der Waals surface area contributed by atoms with E-state index in [1.165, 1.54) is 0 Å². The van der Waals surface area contributed by atoms with Gasteiger partial charge in [-0.3, -0.25) is 0 Å². The van der Waals surface area contributed by atoms with E-state index in [0.29, 0.717) is 0 Å². The molecule has 1 aromatic carbocycles. The molecule has 0 fully saturated rings. The lowest BCUT2D eigenvalue weighted by Crippen LogP contribution is -2.23. The topological polar surface area (TPSA) is 17.8 Å². The minimum atomic E-state index is -0.121. The maximum Gasteiger partial charge on any atom is 0.127 e. The van der Waals surface area contributed by atoms with E-state index in [2.05, 4.69) is 29.7 Å². The van der Waals surface area contributed by atoms with E-state index in [1.54, 1.807) is 0 Å². The normalized spacial score (nSPS) is 14.0. The Bertz CT molecular complexity index is 590. The quantitative estimate of drug-likeness (QED) is 0.727. The summed E-state index contributed by atoms with van der Waals surface area (Å²) in [6.07, 6.45) is 2.12. The lowest BCUT2D eigenvalue weighted by molar-refractivity contribution is 0.559. The first-order chi connectivity index (χ1) is 8.84. The highest BCUT2D eigenvalue weighted by atomic mass is 35.5. The molecule has 2 rings (SSSR count). The van der Waals surface area contributed by atoms with E-state index in [4.69, 9.17) is 23.2 Å². The van der Waals surface area contributed by atoms with Crippen molar-refractivity contribution in [3.63, 3.8) is 0 Å². The highest BCUT2D eigenvalue weighted by Crippen LogP contribution is 2.31. The van der Waals surface area contributed by atoms with Crippen molar-refractivity contribution >= 4 is 46.0 Å². The molecular weight excluding hydrogens is 299 g/mol. The zero-order chi connectivity index (χ0) is 14.2. The van der Waals surface area contributed by atoms with Gasteiger partial charge in [0.05, 0.1) is 16.4 Å². The molecule has 2 aromatic rings. The third-order valence-electron chi connectivity index (χ3n) is 3.19. The predicted octanol–water partition coefficient (Wildman–Crippen LogP) is 5.13. The van der Waals surface area contributed by atoms with Crippen LogP contribution < -0.4 is 0 Å². The number of rotatable bonds is 4. The summed E-state index contributed by atoms with van der Waals surface area (Å²) < 4.78 is 2.31. The molecule has 0 saturated heterocycles. The SMILES string of the molecule is CSC(C)(C)Cn1c(C(C)Cl)nc2ccc(Cl)cc21. The lowest BCUT2D eigenvalue weighted by atomic mass is 10.2. The van der Waals surface area contributed by atoms with Crippen LogP contribution in [0.4, 0.5) is 0 Å². The number of fused-ring (bicyclic) bond motifs is 1. The molecule has 0 spiro atoms. The predicted molar refractivity (Wildman–Crippen MR) is 86.6 cm³/mol. The van der Waals surface area contributed by atoms with E-state index < -0.39 is 0 Å². The van der Waals surface area contributed by atoms with Gasteiger partial charge in [0.15, 0.2) is 0 Å². The second-order valence-corrected chi connectivity index (χ2v) is 7.87. The van der Waals surface area contributed by atoms with Crippen molar-refractivity contribution in [3.8, 4) is 0 Å². The summed E-state index contributed by atoms with van der Waals surface area (Å²) in [5.74, 6) is 0.904. The van der Waals surface area contributed by atoms with Crippen LogP contribution in [0.3, 0.4) is 0 Å². The molecule has 0 radical (unpaired) electrons. The molecule has 0 bridgehead atoms. The average molecular weight is 317 g/mol. The van der Waals surface area contributed by atoms with E-state index in [0.717, 1.165) is 28.4 Å². The maximum atomic E-state index is 6.27. The number of thioether (sulfide) groups is 1. The first kappa shape index (κ1) is 15.0. The molecule has 1 atom stereocenters. The number of alkyl halides is 1. The Morgan fingerprint density at radius 1 is 1.42 bits per heavy atom. The van der Waals surface area contributed by atoms with Crippen molar-refractivity contribution in [2.75, 3.05) is 6.26 Å². The fraction of sp³-hybridized carbons (Fsp3) is 0.500. The van der Waals surface area contributed by atoms with Crippen LogP contribution in [0.1, 0.15) is 32.0 Å². The molecule has 19 heavy (non-hydrogen) atoms. The third kappa shape index (κ3) is 3.21. The van der Waals surface area contributed by atoms with Crippen molar-refractivity contribution in [3.05, 3.63) is 29.0 Å². The highest BCUT2D eigenvalue weighted by Gasteiger charge is 2.22. The van der Waals surface area contributed by atoms with Gasteiger partial charge in [0, 0.05) is 16.3 Å². The fourth-order valence-electron chi connectivity index (χ4n) is 2.03.